The van der Waals surface area contributed by atoms with Crippen molar-refractivity contribution in [1.29, 1.82) is 0 Å². The van der Waals surface area contributed by atoms with Crippen LogP contribution in [0.15, 0.2) is 16.6 Å². The summed E-state index contributed by atoms with van der Waals surface area (Å²) in [7, 11) is 0. The van der Waals surface area contributed by atoms with Gasteiger partial charge in [-0.25, -0.2) is 0 Å². The molecule has 0 radical (unpaired) electrons. The second-order valence-electron chi connectivity index (χ2n) is 5.67. The van der Waals surface area contributed by atoms with E-state index in [2.05, 4.69) is 47.2 Å². The fraction of sp³-hybridized carbons (Fsp3) is 0.625. The summed E-state index contributed by atoms with van der Waals surface area (Å²) in [6, 6.07) is 4.18. The first-order valence-electron chi connectivity index (χ1n) is 7.45. The molecule has 0 spiro atoms. The Morgan fingerprint density at radius 3 is 2.80 bits per heavy atom. The molecule has 4 heteroatoms. The first-order chi connectivity index (χ1) is 9.66. The zero-order valence-electron chi connectivity index (χ0n) is 12.4. The van der Waals surface area contributed by atoms with Crippen molar-refractivity contribution in [2.24, 2.45) is 5.92 Å². The quantitative estimate of drug-likeness (QED) is 0.756. The maximum atomic E-state index is 5.63. The van der Waals surface area contributed by atoms with Crippen molar-refractivity contribution in [3.8, 4) is 11.5 Å². The number of ether oxygens (including phenoxy) is 2. The minimum Gasteiger partial charge on any atom is -0.486 e. The van der Waals surface area contributed by atoms with Gasteiger partial charge in [-0.2, -0.15) is 0 Å². The standard InChI is InChI=1S/C16H24BrNO2/c1-12(2)5-3-4-6-18-11-13-9-14(17)16-15(10-13)19-7-8-20-16/h9-10,12,18H,3-8,11H2,1-2H3. The number of nitrogens with one attached hydrogen (secondary N) is 1. The van der Waals surface area contributed by atoms with E-state index < -0.39 is 0 Å². The van der Waals surface area contributed by atoms with Crippen molar-refractivity contribution in [1.82, 2.24) is 5.32 Å². The third kappa shape index (κ3) is 4.67. The summed E-state index contributed by atoms with van der Waals surface area (Å²) in [5, 5.41) is 3.49. The smallest absolute Gasteiger partial charge is 0.175 e. The lowest BCUT2D eigenvalue weighted by molar-refractivity contribution is 0.170. The molecule has 0 unspecified atom stereocenters. The first kappa shape index (κ1) is 15.6. The van der Waals surface area contributed by atoms with Crippen LogP contribution in [-0.2, 0) is 6.54 Å². The van der Waals surface area contributed by atoms with E-state index in [0.29, 0.717) is 13.2 Å². The summed E-state index contributed by atoms with van der Waals surface area (Å²) >= 11 is 3.55. The Hall–Kier alpha value is -0.740. The minimum atomic E-state index is 0.624. The highest BCUT2D eigenvalue weighted by Crippen LogP contribution is 2.38. The van der Waals surface area contributed by atoms with Crippen LogP contribution in [0, 0.1) is 5.92 Å². The van der Waals surface area contributed by atoms with Gasteiger partial charge >= 0.3 is 0 Å². The molecule has 1 aromatic rings. The molecule has 0 bridgehead atoms. The SMILES string of the molecule is CC(C)CCCCNCc1cc(Br)c2c(c1)OCCO2. The van der Waals surface area contributed by atoms with E-state index in [4.69, 9.17) is 9.47 Å². The van der Waals surface area contributed by atoms with Gasteiger partial charge in [0.05, 0.1) is 4.47 Å². The number of halogens is 1. The molecule has 0 fully saturated rings. The number of rotatable bonds is 7. The van der Waals surface area contributed by atoms with E-state index in [0.717, 1.165) is 35.0 Å². The van der Waals surface area contributed by atoms with Crippen molar-refractivity contribution in [3.63, 3.8) is 0 Å². The van der Waals surface area contributed by atoms with Crippen LogP contribution in [0.25, 0.3) is 0 Å². The molecule has 1 aliphatic heterocycles. The van der Waals surface area contributed by atoms with Crippen LogP contribution in [0.2, 0.25) is 0 Å². The average molecular weight is 342 g/mol. The average Bonchev–Trinajstić information content (AvgIpc) is 2.42. The van der Waals surface area contributed by atoms with Gasteiger partial charge < -0.3 is 14.8 Å². The van der Waals surface area contributed by atoms with Gasteiger partial charge in [-0.1, -0.05) is 26.7 Å². The van der Waals surface area contributed by atoms with Crippen molar-refractivity contribution in [3.05, 3.63) is 22.2 Å². The number of hydrogen-bond acceptors (Lipinski definition) is 3. The van der Waals surface area contributed by atoms with Gasteiger partial charge in [0.1, 0.15) is 13.2 Å². The van der Waals surface area contributed by atoms with Gasteiger partial charge in [0.2, 0.25) is 0 Å². The highest BCUT2D eigenvalue weighted by Gasteiger charge is 2.15. The van der Waals surface area contributed by atoms with E-state index in [1.807, 2.05) is 0 Å². The molecule has 0 aliphatic carbocycles. The fourth-order valence-electron chi connectivity index (χ4n) is 2.30. The summed E-state index contributed by atoms with van der Waals surface area (Å²) < 4.78 is 12.2. The molecular formula is C16H24BrNO2. The van der Waals surface area contributed by atoms with E-state index in [1.54, 1.807) is 0 Å². The van der Waals surface area contributed by atoms with Gasteiger partial charge in [-0.05, 0) is 52.5 Å². The predicted octanol–water partition coefficient (Wildman–Crippen LogP) is 4.14. The van der Waals surface area contributed by atoms with E-state index >= 15 is 0 Å². The lowest BCUT2D eigenvalue weighted by atomic mass is 10.1. The number of benzene rings is 1. The number of fused-ring (bicyclic) bond motifs is 1. The summed E-state index contributed by atoms with van der Waals surface area (Å²) in [4.78, 5) is 0. The topological polar surface area (TPSA) is 30.5 Å². The normalized spacial score (nSPS) is 13.8. The summed E-state index contributed by atoms with van der Waals surface area (Å²) in [6.07, 6.45) is 3.86. The summed E-state index contributed by atoms with van der Waals surface area (Å²) in [5.41, 5.74) is 1.23. The maximum Gasteiger partial charge on any atom is 0.175 e. The Morgan fingerprint density at radius 2 is 2.00 bits per heavy atom. The molecule has 0 amide bonds. The Bertz CT molecular complexity index is 435. The van der Waals surface area contributed by atoms with Gasteiger partial charge in [0.15, 0.2) is 11.5 Å². The third-order valence-corrected chi connectivity index (χ3v) is 3.96. The molecule has 1 heterocycles. The molecule has 1 aliphatic rings. The van der Waals surface area contributed by atoms with E-state index in [9.17, 15) is 0 Å². The Balaban J connectivity index is 1.77. The van der Waals surface area contributed by atoms with Crippen LogP contribution in [-0.4, -0.2) is 19.8 Å². The molecule has 0 atom stereocenters. The molecular weight excluding hydrogens is 318 g/mol. The van der Waals surface area contributed by atoms with E-state index in [-0.39, 0.29) is 0 Å². The lowest BCUT2D eigenvalue weighted by Crippen LogP contribution is -2.18. The predicted molar refractivity (Wildman–Crippen MR) is 85.5 cm³/mol. The highest BCUT2D eigenvalue weighted by molar-refractivity contribution is 9.10. The fourth-order valence-corrected chi connectivity index (χ4v) is 2.91. The van der Waals surface area contributed by atoms with Gasteiger partial charge in [0.25, 0.3) is 0 Å². The third-order valence-electron chi connectivity index (χ3n) is 3.37. The van der Waals surface area contributed by atoms with Crippen LogP contribution in [0.1, 0.15) is 38.7 Å². The Kier molecular flexibility index (Phi) is 6.17. The summed E-state index contributed by atoms with van der Waals surface area (Å²) in [5.74, 6) is 2.49. The Morgan fingerprint density at radius 1 is 1.20 bits per heavy atom. The summed E-state index contributed by atoms with van der Waals surface area (Å²) in [6.45, 7) is 7.75. The second kappa shape index (κ2) is 7.89. The zero-order chi connectivity index (χ0) is 14.4. The number of hydrogen-bond donors (Lipinski definition) is 1. The van der Waals surface area contributed by atoms with Gasteiger partial charge in [-0.3, -0.25) is 0 Å². The largest absolute Gasteiger partial charge is 0.486 e. The van der Waals surface area contributed by atoms with Gasteiger partial charge in [-0.15, -0.1) is 0 Å². The Labute approximate surface area is 130 Å². The first-order valence-corrected chi connectivity index (χ1v) is 8.25. The number of unbranched alkanes of at least 4 members (excludes halogenated alkanes) is 1. The van der Waals surface area contributed by atoms with Crippen LogP contribution >= 0.6 is 15.9 Å². The molecule has 2 rings (SSSR count). The zero-order valence-corrected chi connectivity index (χ0v) is 14.0. The van der Waals surface area contributed by atoms with Gasteiger partial charge in [0, 0.05) is 6.54 Å². The van der Waals surface area contributed by atoms with E-state index in [1.165, 1.54) is 24.8 Å². The van der Waals surface area contributed by atoms with Crippen molar-refractivity contribution in [2.45, 2.75) is 39.7 Å². The maximum absolute atomic E-state index is 5.63. The molecule has 1 N–H and O–H groups in total. The lowest BCUT2D eigenvalue weighted by Gasteiger charge is -2.20. The van der Waals surface area contributed by atoms with Crippen LogP contribution in [0.4, 0.5) is 0 Å². The van der Waals surface area contributed by atoms with Crippen molar-refractivity contribution < 1.29 is 9.47 Å². The molecule has 3 nitrogen and oxygen atoms in total. The molecule has 0 saturated carbocycles. The van der Waals surface area contributed by atoms with Crippen LogP contribution in [0.3, 0.4) is 0 Å². The van der Waals surface area contributed by atoms with Crippen LogP contribution < -0.4 is 14.8 Å². The highest BCUT2D eigenvalue weighted by atomic mass is 79.9. The molecule has 112 valence electrons. The second-order valence-corrected chi connectivity index (χ2v) is 6.52. The monoisotopic (exact) mass is 341 g/mol. The van der Waals surface area contributed by atoms with Crippen molar-refractivity contribution >= 4 is 15.9 Å². The molecule has 0 aromatic heterocycles. The molecule has 20 heavy (non-hydrogen) atoms. The molecule has 0 saturated heterocycles. The van der Waals surface area contributed by atoms with Crippen LogP contribution in [0.5, 0.6) is 11.5 Å². The minimum absolute atomic E-state index is 0.624. The van der Waals surface area contributed by atoms with Crippen molar-refractivity contribution in [2.75, 3.05) is 19.8 Å². The molecule has 1 aromatic carbocycles.